The Morgan fingerprint density at radius 1 is 1.17 bits per heavy atom. The van der Waals surface area contributed by atoms with E-state index in [0.717, 1.165) is 27.8 Å². The number of fused-ring (bicyclic) bond motifs is 1. The van der Waals surface area contributed by atoms with Crippen LogP contribution in [-0.4, -0.2) is 34.7 Å². The number of para-hydroxylation sites is 1. The van der Waals surface area contributed by atoms with Crippen molar-refractivity contribution in [3.05, 3.63) is 65.9 Å². The predicted molar refractivity (Wildman–Crippen MR) is 111 cm³/mol. The second-order valence-electron chi connectivity index (χ2n) is 7.27. The van der Waals surface area contributed by atoms with Gasteiger partial charge in [0.2, 0.25) is 5.91 Å². The van der Waals surface area contributed by atoms with E-state index in [0.29, 0.717) is 0 Å². The predicted octanol–water partition coefficient (Wildman–Crippen LogP) is 3.62. The average Bonchev–Trinajstić information content (AvgIpc) is 3.10. The summed E-state index contributed by atoms with van der Waals surface area (Å²) in [6, 6.07) is 14.8. The normalized spacial score (nSPS) is 14.0. The molecule has 2 unspecified atom stereocenters. The Morgan fingerprint density at radius 2 is 1.86 bits per heavy atom. The molecule has 0 spiro atoms. The Morgan fingerprint density at radius 3 is 2.52 bits per heavy atom. The topological polar surface area (TPSA) is 103 Å². The lowest BCUT2D eigenvalue weighted by Gasteiger charge is -2.30. The van der Waals surface area contributed by atoms with Gasteiger partial charge in [0.25, 0.3) is 0 Å². The van der Waals surface area contributed by atoms with Crippen LogP contribution in [0.1, 0.15) is 31.0 Å². The van der Waals surface area contributed by atoms with Crippen LogP contribution in [-0.2, 0) is 11.2 Å². The minimum Gasteiger partial charge on any atom is -0.497 e. The van der Waals surface area contributed by atoms with E-state index in [1.165, 1.54) is 0 Å². The number of rotatable bonds is 7. The molecule has 0 aliphatic carbocycles. The van der Waals surface area contributed by atoms with Crippen LogP contribution in [0, 0.1) is 0 Å². The molecule has 0 fully saturated rings. The first-order chi connectivity index (χ1) is 13.8. The number of amides is 2. The largest absolute Gasteiger partial charge is 0.497 e. The minimum atomic E-state index is -1.34. The molecule has 0 saturated heterocycles. The molecular weight excluding hydrogens is 370 g/mol. The van der Waals surface area contributed by atoms with Gasteiger partial charge in [-0.2, -0.15) is 0 Å². The number of hydrogen-bond acceptors (Lipinski definition) is 3. The zero-order valence-electron chi connectivity index (χ0n) is 16.7. The van der Waals surface area contributed by atoms with Crippen molar-refractivity contribution in [1.29, 1.82) is 0 Å². The van der Waals surface area contributed by atoms with Gasteiger partial charge in [-0.15, -0.1) is 0 Å². The molecule has 3 rings (SSSR count). The number of ether oxygens (including phenoxy) is 1. The van der Waals surface area contributed by atoms with Gasteiger partial charge in [-0.25, -0.2) is 4.79 Å². The van der Waals surface area contributed by atoms with Crippen LogP contribution in [0.2, 0.25) is 0 Å². The summed E-state index contributed by atoms with van der Waals surface area (Å²) in [6.45, 7) is 3.45. The maximum absolute atomic E-state index is 13.1. The molecule has 1 aromatic heterocycles. The Hall–Kier alpha value is -3.48. The fourth-order valence-corrected chi connectivity index (χ4v) is 3.41. The number of H-pyrrole nitrogens is 1. The van der Waals surface area contributed by atoms with Crippen molar-refractivity contribution in [2.75, 3.05) is 7.11 Å². The third-order valence-corrected chi connectivity index (χ3v) is 5.07. The van der Waals surface area contributed by atoms with E-state index in [-0.39, 0.29) is 12.5 Å². The molecule has 152 valence electrons. The van der Waals surface area contributed by atoms with Crippen molar-refractivity contribution >= 4 is 22.9 Å². The lowest BCUT2D eigenvalue weighted by molar-refractivity contribution is -0.127. The Bertz CT molecular complexity index is 1010. The summed E-state index contributed by atoms with van der Waals surface area (Å²) in [5, 5.41) is 15.6. The highest BCUT2D eigenvalue weighted by atomic mass is 16.5. The lowest BCUT2D eigenvalue weighted by Crippen LogP contribution is -2.58. The molecule has 0 saturated carbocycles. The number of aromatic amines is 1. The third kappa shape index (κ3) is 4.51. The summed E-state index contributed by atoms with van der Waals surface area (Å²) in [4.78, 5) is 27.7. The molecule has 7 heteroatoms. The highest BCUT2D eigenvalue weighted by molar-refractivity contribution is 5.91. The van der Waals surface area contributed by atoms with Crippen LogP contribution in [0.25, 0.3) is 10.9 Å². The lowest BCUT2D eigenvalue weighted by atomic mass is 9.91. The van der Waals surface area contributed by atoms with E-state index in [9.17, 15) is 14.7 Å². The molecule has 0 radical (unpaired) electrons. The second kappa shape index (κ2) is 8.26. The maximum Gasteiger partial charge on any atom is 0.405 e. The van der Waals surface area contributed by atoms with Crippen LogP contribution in [0.5, 0.6) is 5.75 Å². The van der Waals surface area contributed by atoms with Crippen molar-refractivity contribution < 1.29 is 19.4 Å². The van der Waals surface area contributed by atoms with Crippen LogP contribution < -0.4 is 15.4 Å². The summed E-state index contributed by atoms with van der Waals surface area (Å²) in [7, 11) is 1.59. The highest BCUT2D eigenvalue weighted by Gasteiger charge is 2.36. The van der Waals surface area contributed by atoms with Crippen LogP contribution in [0.15, 0.2) is 54.7 Å². The summed E-state index contributed by atoms with van der Waals surface area (Å²) in [5.41, 5.74) is 1.36. The van der Waals surface area contributed by atoms with Crippen molar-refractivity contribution in [1.82, 2.24) is 15.6 Å². The molecule has 4 N–H and O–H groups in total. The Labute approximate surface area is 169 Å². The second-order valence-corrected chi connectivity index (χ2v) is 7.27. The molecule has 0 bridgehead atoms. The van der Waals surface area contributed by atoms with Crippen LogP contribution >= 0.6 is 0 Å². The van der Waals surface area contributed by atoms with E-state index in [4.69, 9.17) is 4.74 Å². The van der Waals surface area contributed by atoms with Crippen molar-refractivity contribution in [2.24, 2.45) is 0 Å². The number of benzene rings is 2. The van der Waals surface area contributed by atoms with Gasteiger partial charge in [0, 0.05) is 23.5 Å². The quantitative estimate of drug-likeness (QED) is 0.490. The Kier molecular flexibility index (Phi) is 5.77. The van der Waals surface area contributed by atoms with Crippen molar-refractivity contribution in [2.45, 2.75) is 31.8 Å². The van der Waals surface area contributed by atoms with Gasteiger partial charge in [-0.3, -0.25) is 4.79 Å². The van der Waals surface area contributed by atoms with Crippen molar-refractivity contribution in [3.63, 3.8) is 0 Å². The zero-order chi connectivity index (χ0) is 21.0. The van der Waals surface area contributed by atoms with Crippen molar-refractivity contribution in [3.8, 4) is 5.75 Å². The van der Waals surface area contributed by atoms with E-state index in [1.807, 2.05) is 61.7 Å². The maximum atomic E-state index is 13.1. The van der Waals surface area contributed by atoms with E-state index in [2.05, 4.69) is 15.6 Å². The molecule has 29 heavy (non-hydrogen) atoms. The first-order valence-corrected chi connectivity index (χ1v) is 9.33. The third-order valence-electron chi connectivity index (χ3n) is 5.07. The smallest absolute Gasteiger partial charge is 0.405 e. The molecule has 2 aromatic carbocycles. The van der Waals surface area contributed by atoms with Gasteiger partial charge in [-0.05, 0) is 43.2 Å². The number of nitrogens with one attached hydrogen (secondary N) is 3. The van der Waals surface area contributed by atoms with E-state index >= 15 is 0 Å². The molecule has 1 heterocycles. The molecular formula is C22H25N3O4. The van der Waals surface area contributed by atoms with Crippen LogP contribution in [0.4, 0.5) is 4.79 Å². The highest BCUT2D eigenvalue weighted by Crippen LogP contribution is 2.24. The number of carboxylic acid groups (broad SMARTS) is 1. The first-order valence-electron chi connectivity index (χ1n) is 9.33. The summed E-state index contributed by atoms with van der Waals surface area (Å²) < 4.78 is 5.16. The van der Waals surface area contributed by atoms with Gasteiger partial charge in [-0.1, -0.05) is 30.3 Å². The fourth-order valence-electron chi connectivity index (χ4n) is 3.41. The van der Waals surface area contributed by atoms with Gasteiger partial charge in [0.1, 0.15) is 11.3 Å². The monoisotopic (exact) mass is 395 g/mol. The van der Waals surface area contributed by atoms with Gasteiger partial charge < -0.3 is 25.5 Å². The molecule has 2 atom stereocenters. The number of methoxy groups -OCH3 is 1. The summed E-state index contributed by atoms with van der Waals surface area (Å²) in [6.07, 6.45) is 0.775. The molecule has 3 aromatic rings. The molecule has 7 nitrogen and oxygen atoms in total. The number of carbonyl (C=O) groups is 2. The number of hydrogen-bond donors (Lipinski definition) is 4. The summed E-state index contributed by atoms with van der Waals surface area (Å²) >= 11 is 0. The number of carbonyl (C=O) groups excluding carboxylic acids is 1. The minimum absolute atomic E-state index is 0.213. The SMILES string of the molecule is COc1ccc(C(C)NC(=O)C(C)(Cc2c[nH]c3ccccc23)NC(=O)O)cc1. The van der Waals surface area contributed by atoms with Crippen LogP contribution in [0.3, 0.4) is 0 Å². The molecule has 0 aliphatic rings. The fraction of sp³-hybridized carbons (Fsp3) is 0.273. The van der Waals surface area contributed by atoms with Gasteiger partial charge in [0.15, 0.2) is 0 Å². The summed E-state index contributed by atoms with van der Waals surface area (Å²) in [5.74, 6) is 0.331. The average molecular weight is 395 g/mol. The zero-order valence-corrected chi connectivity index (χ0v) is 16.7. The molecule has 0 aliphatic heterocycles. The Balaban J connectivity index is 1.82. The first kappa shape index (κ1) is 20.3. The van der Waals surface area contributed by atoms with Gasteiger partial charge >= 0.3 is 6.09 Å². The van der Waals surface area contributed by atoms with E-state index in [1.54, 1.807) is 14.0 Å². The number of aromatic nitrogens is 1. The standard InChI is InChI=1S/C22H25N3O4/c1-14(15-8-10-17(29-3)11-9-15)24-20(26)22(2,25-21(27)28)12-16-13-23-19-7-5-4-6-18(16)19/h4-11,13-14,23,25H,12H2,1-3H3,(H,24,26)(H,27,28). The molecule has 2 amide bonds. The van der Waals surface area contributed by atoms with Gasteiger partial charge in [0.05, 0.1) is 13.2 Å². The van der Waals surface area contributed by atoms with E-state index < -0.39 is 17.5 Å².